The number of unbranched alkanes of at least 4 members (excludes halogenated alkanes) is 37. The van der Waals surface area contributed by atoms with Crippen molar-refractivity contribution in [2.24, 2.45) is 17.8 Å². The highest BCUT2D eigenvalue weighted by Crippen LogP contribution is 2.44. The molecule has 1 aliphatic carbocycles. The van der Waals surface area contributed by atoms with Crippen LogP contribution in [0.1, 0.15) is 383 Å². The molecule has 10 aliphatic rings. The summed E-state index contributed by atoms with van der Waals surface area (Å²) in [5.41, 5.74) is 4.52. The molecule has 9 heterocycles. The van der Waals surface area contributed by atoms with Crippen molar-refractivity contribution in [1.29, 1.82) is 0 Å². The zero-order valence-electron chi connectivity index (χ0n) is 84.1. The van der Waals surface area contributed by atoms with Crippen molar-refractivity contribution in [2.75, 3.05) is 58.9 Å². The van der Waals surface area contributed by atoms with Gasteiger partial charge in [0.2, 0.25) is 0 Å². The highest BCUT2D eigenvalue weighted by atomic mass is 16.2. The standard InChI is InChI=1S/C43H70N2O3.C22H37NO2.C20H28N2O4.C14H16N2O4.2C6H7NO2.CH4/c1-4-6-8-12-18-24-37-34-38(25-19-13-9-7-5-2)40(27-21-15-11-17-23-33-45-42(47)30-31-43(45)48)35-39(37)26-20-14-10-16-22-32-44-36(3)28-29-41(44)46;1-2-3-4-5-6-7-8-9-10-11-12-13-14-15-16-17-20-23-21(24)18-19-22(23)25;23-17-11-12-18(24)21(17)15-9-7-5-3-1-2-4-6-8-10-16-22-19(25)13-14-20(22)26;1-10(9-16-13(19)6-7-14(16)20)3-2-8-15-11(17)4-5-12(15)18;2*1-2-7-5(8)3-4-6(7)9;/h28-31,38,40H,3-27,32-35H2,1-2H3;10-11,18-19H,2-9,12-17,20H2,1H3;11-14H,1-10,15-16H2;4-7,10H,2-3,8-9H2,1H3;2*3-4H,2H2,1H3;1H4/b;11-10+;;;;;. The average Bonchev–Trinajstić information content (AvgIpc) is 1.01. The molecule has 0 spiro atoms. The van der Waals surface area contributed by atoms with Crippen molar-refractivity contribution in [3.05, 3.63) is 145 Å². The van der Waals surface area contributed by atoms with Crippen LogP contribution in [0.2, 0.25) is 0 Å². The minimum absolute atomic E-state index is 0. The van der Waals surface area contributed by atoms with E-state index in [2.05, 4.69) is 39.5 Å². The number of carbonyl (C=O) groups excluding carboxylic acids is 17. The van der Waals surface area contributed by atoms with Gasteiger partial charge in [0.25, 0.3) is 100 Å². The van der Waals surface area contributed by atoms with Crippen LogP contribution in [-0.2, 0) is 81.5 Å². The number of amides is 17. The Morgan fingerprint density at radius 1 is 0.246 bits per heavy atom. The van der Waals surface area contributed by atoms with Crippen molar-refractivity contribution in [2.45, 2.75) is 383 Å². The first-order chi connectivity index (χ1) is 66.3. The molecule has 10 rings (SSSR count). The smallest absolute Gasteiger partial charge is 0.253 e. The molecule has 26 heteroatoms. The van der Waals surface area contributed by atoms with Gasteiger partial charge in [-0.2, -0.15) is 0 Å². The van der Waals surface area contributed by atoms with E-state index in [-0.39, 0.29) is 114 Å². The molecule has 0 radical (unpaired) electrons. The molecule has 0 N–H and O–H groups in total. The maximum atomic E-state index is 12.0. The lowest BCUT2D eigenvalue weighted by atomic mass is 9.70. The molecular formula is C112H169N9O17. The number of nitrogens with zero attached hydrogens (tertiary/aromatic N) is 9. The summed E-state index contributed by atoms with van der Waals surface area (Å²) in [7, 11) is 0. The molecule has 0 saturated heterocycles. The number of likely N-dealkylation sites (N-methyl/N-ethyl adjacent to an activating group) is 2. The van der Waals surface area contributed by atoms with Gasteiger partial charge in [-0.1, -0.05) is 277 Å². The number of imide groups is 8. The molecule has 17 amide bonds. The summed E-state index contributed by atoms with van der Waals surface area (Å²) in [5.74, 6) is -1.41. The van der Waals surface area contributed by atoms with Crippen molar-refractivity contribution >= 4 is 100 Å². The van der Waals surface area contributed by atoms with Crippen LogP contribution in [0.15, 0.2) is 145 Å². The van der Waals surface area contributed by atoms with E-state index in [1.807, 2.05) is 29.0 Å². The fourth-order valence-electron chi connectivity index (χ4n) is 18.4. The Morgan fingerprint density at radius 3 is 0.696 bits per heavy atom. The van der Waals surface area contributed by atoms with Gasteiger partial charge in [-0.05, 0) is 160 Å². The summed E-state index contributed by atoms with van der Waals surface area (Å²) in [6, 6.07) is 0. The third-order valence-corrected chi connectivity index (χ3v) is 26.6. The first-order valence-electron chi connectivity index (χ1n) is 52.6. The molecule has 0 aromatic rings. The minimum atomic E-state index is -0.282. The predicted molar refractivity (Wildman–Crippen MR) is 544 cm³/mol. The second-order valence-corrected chi connectivity index (χ2v) is 37.5. The quantitative estimate of drug-likeness (QED) is 0.0310. The van der Waals surface area contributed by atoms with Crippen LogP contribution in [-0.4, -0.2) is 203 Å². The molecule has 764 valence electrons. The number of allylic oxidation sites excluding steroid dienone is 5. The Bertz CT molecular complexity index is 4030. The van der Waals surface area contributed by atoms with Gasteiger partial charge < -0.3 is 4.90 Å². The summed E-state index contributed by atoms with van der Waals surface area (Å²) < 4.78 is 0. The lowest BCUT2D eigenvalue weighted by Gasteiger charge is -2.36. The van der Waals surface area contributed by atoms with Gasteiger partial charge in [0.1, 0.15) is 0 Å². The van der Waals surface area contributed by atoms with Crippen LogP contribution in [0.4, 0.5) is 0 Å². The van der Waals surface area contributed by atoms with Gasteiger partial charge in [-0.15, -0.1) is 0 Å². The first-order valence-corrected chi connectivity index (χ1v) is 52.6. The van der Waals surface area contributed by atoms with E-state index in [0.717, 1.165) is 101 Å². The molecule has 0 aromatic heterocycles. The van der Waals surface area contributed by atoms with Crippen LogP contribution in [0.3, 0.4) is 0 Å². The summed E-state index contributed by atoms with van der Waals surface area (Å²) in [6.45, 7) is 21.0. The summed E-state index contributed by atoms with van der Waals surface area (Å²) in [4.78, 5) is 204. The zero-order valence-corrected chi connectivity index (χ0v) is 84.1. The van der Waals surface area contributed by atoms with E-state index < -0.39 is 0 Å². The molecule has 0 bridgehead atoms. The van der Waals surface area contributed by atoms with Crippen molar-refractivity contribution in [3.8, 4) is 0 Å². The third kappa shape index (κ3) is 47.0. The Kier molecular flexibility index (Phi) is 62.4. The molecule has 3 atom stereocenters. The maximum Gasteiger partial charge on any atom is 0.253 e. The van der Waals surface area contributed by atoms with Crippen LogP contribution in [0, 0.1) is 17.8 Å². The van der Waals surface area contributed by atoms with Crippen LogP contribution in [0.25, 0.3) is 0 Å². The molecule has 26 nitrogen and oxygen atoms in total. The molecule has 3 unspecified atom stereocenters. The van der Waals surface area contributed by atoms with Gasteiger partial charge in [-0.25, -0.2) is 0 Å². The van der Waals surface area contributed by atoms with Crippen LogP contribution >= 0.6 is 0 Å². The summed E-state index contributed by atoms with van der Waals surface area (Å²) >= 11 is 0. The SMILES string of the molecule is C.C=C1C=CC(=O)N1CCCCCCCC1=C(CCCCCCC)CC(CCCCCCC)C(CCCCCCCN2C(=O)C=CC2=O)C1.CC(CCCN1C(=O)C=CC1=O)CN1C(=O)C=CC1=O.CCCCCCCCC/C=C/CCCCCCCN1C(=O)C=CC1=O.CCN1C(=O)C=CC1=O.CCN1C(=O)C=CC1=O.O=C1C=CC(=O)N1CCCCCCCCCCCCN1C(=O)C=CC1=O. The van der Waals surface area contributed by atoms with E-state index in [9.17, 15) is 81.5 Å². The number of rotatable bonds is 65. The summed E-state index contributed by atoms with van der Waals surface area (Å²) in [6.07, 6.45) is 92.9. The van der Waals surface area contributed by atoms with Gasteiger partial charge in [-0.3, -0.25) is 121 Å². The highest BCUT2D eigenvalue weighted by Gasteiger charge is 2.33. The second kappa shape index (κ2) is 71.8. The monoisotopic (exact) mass is 1910 g/mol. The minimum Gasteiger partial charge on any atom is -0.309 e. The number of carbonyl (C=O) groups is 17. The van der Waals surface area contributed by atoms with Gasteiger partial charge in [0.05, 0.1) is 0 Å². The Labute approximate surface area is 826 Å². The van der Waals surface area contributed by atoms with Crippen LogP contribution < -0.4 is 0 Å². The molecule has 0 saturated carbocycles. The Hall–Kier alpha value is -10.5. The van der Waals surface area contributed by atoms with E-state index in [0.29, 0.717) is 58.8 Å². The van der Waals surface area contributed by atoms with Gasteiger partial charge in [0, 0.05) is 168 Å². The second-order valence-electron chi connectivity index (χ2n) is 37.5. The maximum absolute atomic E-state index is 12.0. The van der Waals surface area contributed by atoms with Gasteiger partial charge >= 0.3 is 0 Å². The van der Waals surface area contributed by atoms with Crippen molar-refractivity contribution < 1.29 is 81.5 Å². The average molecular weight is 1910 g/mol. The predicted octanol–water partition coefficient (Wildman–Crippen LogP) is 21.0. The molecule has 0 fully saturated rings. The zero-order chi connectivity index (χ0) is 99.8. The highest BCUT2D eigenvalue weighted by molar-refractivity contribution is 6.17. The van der Waals surface area contributed by atoms with Crippen molar-refractivity contribution in [1.82, 2.24) is 44.1 Å². The topological polar surface area (TPSA) is 319 Å². The lowest BCUT2D eigenvalue weighted by molar-refractivity contribution is -0.139. The first kappa shape index (κ1) is 120. The van der Waals surface area contributed by atoms with E-state index in [1.54, 1.807) is 19.9 Å². The fraction of sp³-hybridized carbons (Fsp3) is 0.634. The summed E-state index contributed by atoms with van der Waals surface area (Å²) in [5, 5.41) is 0. The number of hydrogen-bond donors (Lipinski definition) is 0. The van der Waals surface area contributed by atoms with Crippen LogP contribution in [0.5, 0.6) is 0 Å². The van der Waals surface area contributed by atoms with E-state index in [1.165, 1.54) is 387 Å². The molecular weight excluding hydrogens is 1740 g/mol. The molecule has 0 aromatic carbocycles. The fourth-order valence-corrected chi connectivity index (χ4v) is 18.4. The van der Waals surface area contributed by atoms with E-state index >= 15 is 0 Å². The van der Waals surface area contributed by atoms with E-state index in [4.69, 9.17) is 0 Å². The lowest BCUT2D eigenvalue weighted by Crippen LogP contribution is -2.35. The Morgan fingerprint density at radius 2 is 0.449 bits per heavy atom. The largest absolute Gasteiger partial charge is 0.309 e. The normalized spacial score (nSPS) is 17.7. The third-order valence-electron chi connectivity index (χ3n) is 26.6. The Balaban J connectivity index is 0.000000377. The molecule has 138 heavy (non-hydrogen) atoms. The molecule has 9 aliphatic heterocycles. The van der Waals surface area contributed by atoms with Crippen molar-refractivity contribution in [3.63, 3.8) is 0 Å². The number of hydrogen-bond acceptors (Lipinski definition) is 17. The van der Waals surface area contributed by atoms with Gasteiger partial charge in [0.15, 0.2) is 0 Å².